The number of aromatic amines is 1. The molecule has 108 valence electrons. The molecule has 0 radical (unpaired) electrons. The number of nitrogens with zero attached hydrogens (tertiary/aromatic N) is 2. The minimum atomic E-state index is -0.00685. The molecular weight excluding hydrogens is 262 g/mol. The summed E-state index contributed by atoms with van der Waals surface area (Å²) in [5.41, 5.74) is 5.16. The van der Waals surface area contributed by atoms with Crippen LogP contribution in [0.3, 0.4) is 0 Å². The Labute approximate surface area is 123 Å². The average Bonchev–Trinajstić information content (AvgIpc) is 3.00. The third kappa shape index (κ3) is 2.17. The molecule has 3 aromatic heterocycles. The van der Waals surface area contributed by atoms with Gasteiger partial charge in [0.1, 0.15) is 5.52 Å². The first-order valence-electron chi connectivity index (χ1n) is 7.30. The minimum Gasteiger partial charge on any atom is -0.357 e. The Bertz CT molecular complexity index is 858. The van der Waals surface area contributed by atoms with E-state index in [1.807, 2.05) is 24.7 Å². The van der Waals surface area contributed by atoms with Crippen molar-refractivity contribution in [3.63, 3.8) is 0 Å². The zero-order valence-electron chi connectivity index (χ0n) is 12.6. The fourth-order valence-electron chi connectivity index (χ4n) is 2.81. The van der Waals surface area contributed by atoms with Crippen LogP contribution in [0.4, 0.5) is 0 Å². The fraction of sp³-hybridized carbons (Fsp3) is 0.294. The van der Waals surface area contributed by atoms with Gasteiger partial charge in [-0.05, 0) is 30.5 Å². The van der Waals surface area contributed by atoms with Gasteiger partial charge in [0.25, 0.3) is 5.56 Å². The Morgan fingerprint density at radius 3 is 2.81 bits per heavy atom. The third-order valence-electron chi connectivity index (χ3n) is 3.98. The van der Waals surface area contributed by atoms with Gasteiger partial charge in [0.2, 0.25) is 0 Å². The predicted octanol–water partition coefficient (Wildman–Crippen LogP) is 3.05. The van der Waals surface area contributed by atoms with E-state index in [2.05, 4.69) is 29.9 Å². The lowest BCUT2D eigenvalue weighted by Crippen LogP contribution is -2.16. The van der Waals surface area contributed by atoms with Gasteiger partial charge in [0, 0.05) is 47.8 Å². The molecule has 0 saturated carbocycles. The van der Waals surface area contributed by atoms with Crippen molar-refractivity contribution in [3.05, 3.63) is 52.3 Å². The van der Waals surface area contributed by atoms with E-state index < -0.39 is 0 Å². The monoisotopic (exact) mass is 281 g/mol. The van der Waals surface area contributed by atoms with Gasteiger partial charge in [-0.25, -0.2) is 0 Å². The van der Waals surface area contributed by atoms with Crippen molar-refractivity contribution in [2.45, 2.75) is 26.7 Å². The Hall–Kier alpha value is -2.36. The number of hydrogen-bond acceptors (Lipinski definition) is 2. The van der Waals surface area contributed by atoms with Crippen molar-refractivity contribution in [2.75, 3.05) is 0 Å². The second kappa shape index (κ2) is 5.20. The van der Waals surface area contributed by atoms with Crippen molar-refractivity contribution in [3.8, 4) is 11.1 Å². The predicted molar refractivity (Wildman–Crippen MR) is 85.5 cm³/mol. The Balaban J connectivity index is 2.28. The van der Waals surface area contributed by atoms with Crippen LogP contribution in [-0.2, 0) is 19.9 Å². The van der Waals surface area contributed by atoms with Gasteiger partial charge < -0.3 is 9.55 Å². The van der Waals surface area contributed by atoms with Crippen LogP contribution < -0.4 is 5.56 Å². The Morgan fingerprint density at radius 1 is 1.29 bits per heavy atom. The molecule has 0 unspecified atom stereocenters. The molecule has 3 heterocycles. The van der Waals surface area contributed by atoms with E-state index in [9.17, 15) is 4.79 Å². The number of aromatic nitrogens is 3. The SMILES string of the molecule is CCc1cc(-c2cn(C)c(=O)c3[nH]ccc23)cnc1CC. The molecule has 1 N–H and O–H groups in total. The first kappa shape index (κ1) is 13.6. The average molecular weight is 281 g/mol. The second-order valence-corrected chi connectivity index (χ2v) is 5.26. The Morgan fingerprint density at radius 2 is 2.10 bits per heavy atom. The summed E-state index contributed by atoms with van der Waals surface area (Å²) < 4.78 is 1.62. The first-order valence-corrected chi connectivity index (χ1v) is 7.30. The van der Waals surface area contributed by atoms with E-state index in [4.69, 9.17) is 0 Å². The molecule has 4 heteroatoms. The standard InChI is InChI=1S/C17H19N3O/c1-4-11-8-12(9-19-15(11)5-2)14-10-20(3)17(21)16-13(14)6-7-18-16/h6-10,18H,4-5H2,1-3H3. The number of pyridine rings is 2. The molecule has 0 aliphatic carbocycles. The van der Waals surface area contributed by atoms with Crippen LogP contribution in [0.1, 0.15) is 25.1 Å². The van der Waals surface area contributed by atoms with E-state index in [1.165, 1.54) is 5.56 Å². The maximum absolute atomic E-state index is 12.1. The summed E-state index contributed by atoms with van der Waals surface area (Å²) in [5, 5.41) is 0.950. The smallest absolute Gasteiger partial charge is 0.274 e. The van der Waals surface area contributed by atoms with E-state index in [0.717, 1.165) is 35.0 Å². The van der Waals surface area contributed by atoms with Gasteiger partial charge in [0.05, 0.1) is 0 Å². The molecule has 0 aliphatic heterocycles. The molecule has 0 atom stereocenters. The van der Waals surface area contributed by atoms with Gasteiger partial charge in [-0.1, -0.05) is 13.8 Å². The molecule has 0 bridgehead atoms. The van der Waals surface area contributed by atoms with E-state index in [-0.39, 0.29) is 5.56 Å². The Kier molecular flexibility index (Phi) is 3.37. The summed E-state index contributed by atoms with van der Waals surface area (Å²) in [6.45, 7) is 4.27. The zero-order valence-corrected chi connectivity index (χ0v) is 12.6. The van der Waals surface area contributed by atoms with Crippen molar-refractivity contribution in [2.24, 2.45) is 7.05 Å². The molecule has 3 rings (SSSR count). The van der Waals surface area contributed by atoms with Crippen LogP contribution in [-0.4, -0.2) is 14.5 Å². The van der Waals surface area contributed by atoms with Crippen LogP contribution in [0.2, 0.25) is 0 Å². The number of aryl methyl sites for hydroxylation is 3. The maximum atomic E-state index is 12.1. The molecule has 0 saturated heterocycles. The highest BCUT2D eigenvalue weighted by molar-refractivity contribution is 5.94. The molecule has 0 amide bonds. The zero-order chi connectivity index (χ0) is 15.0. The van der Waals surface area contributed by atoms with Gasteiger partial charge in [-0.15, -0.1) is 0 Å². The number of H-pyrrole nitrogens is 1. The molecular formula is C17H19N3O. The largest absolute Gasteiger partial charge is 0.357 e. The number of hydrogen-bond donors (Lipinski definition) is 1. The number of nitrogens with one attached hydrogen (secondary N) is 1. The summed E-state index contributed by atoms with van der Waals surface area (Å²) >= 11 is 0. The molecule has 0 spiro atoms. The van der Waals surface area contributed by atoms with Crippen molar-refractivity contribution in [1.82, 2.24) is 14.5 Å². The highest BCUT2D eigenvalue weighted by Gasteiger charge is 2.11. The molecule has 3 aromatic rings. The van der Waals surface area contributed by atoms with Crippen LogP contribution in [0.25, 0.3) is 22.0 Å². The van der Waals surface area contributed by atoms with E-state index in [1.54, 1.807) is 11.6 Å². The summed E-state index contributed by atoms with van der Waals surface area (Å²) in [6.07, 6.45) is 7.51. The highest BCUT2D eigenvalue weighted by Crippen LogP contribution is 2.27. The van der Waals surface area contributed by atoms with Crippen molar-refractivity contribution in [1.29, 1.82) is 0 Å². The molecule has 21 heavy (non-hydrogen) atoms. The van der Waals surface area contributed by atoms with Gasteiger partial charge >= 0.3 is 0 Å². The summed E-state index contributed by atoms with van der Waals surface area (Å²) in [6, 6.07) is 4.14. The maximum Gasteiger partial charge on any atom is 0.274 e. The van der Waals surface area contributed by atoms with E-state index >= 15 is 0 Å². The third-order valence-corrected chi connectivity index (χ3v) is 3.98. The normalized spacial score (nSPS) is 11.2. The summed E-state index contributed by atoms with van der Waals surface area (Å²) in [5.74, 6) is 0. The van der Waals surface area contributed by atoms with Crippen LogP contribution in [0.15, 0.2) is 35.5 Å². The van der Waals surface area contributed by atoms with Gasteiger partial charge in [0.15, 0.2) is 0 Å². The van der Waals surface area contributed by atoms with E-state index in [0.29, 0.717) is 5.52 Å². The number of rotatable bonds is 3. The molecule has 4 nitrogen and oxygen atoms in total. The van der Waals surface area contributed by atoms with Gasteiger partial charge in [-0.3, -0.25) is 9.78 Å². The molecule has 0 aliphatic rings. The number of fused-ring (bicyclic) bond motifs is 1. The quantitative estimate of drug-likeness (QED) is 0.802. The summed E-state index contributed by atoms with van der Waals surface area (Å²) in [7, 11) is 1.78. The lowest BCUT2D eigenvalue weighted by atomic mass is 10.0. The second-order valence-electron chi connectivity index (χ2n) is 5.26. The topological polar surface area (TPSA) is 50.7 Å². The summed E-state index contributed by atoms with van der Waals surface area (Å²) in [4.78, 5) is 19.7. The van der Waals surface area contributed by atoms with Crippen molar-refractivity contribution < 1.29 is 0 Å². The molecule has 0 fully saturated rings. The lowest BCUT2D eigenvalue weighted by Gasteiger charge is -2.10. The fourth-order valence-corrected chi connectivity index (χ4v) is 2.81. The molecule has 0 aromatic carbocycles. The van der Waals surface area contributed by atoms with Crippen LogP contribution in [0, 0.1) is 0 Å². The minimum absolute atomic E-state index is 0.00685. The lowest BCUT2D eigenvalue weighted by molar-refractivity contribution is 0.871. The van der Waals surface area contributed by atoms with Crippen LogP contribution >= 0.6 is 0 Å². The highest BCUT2D eigenvalue weighted by atomic mass is 16.1. The first-order chi connectivity index (χ1) is 10.2. The van der Waals surface area contributed by atoms with Crippen molar-refractivity contribution >= 4 is 10.9 Å². The van der Waals surface area contributed by atoms with Gasteiger partial charge in [-0.2, -0.15) is 0 Å². The van der Waals surface area contributed by atoms with Crippen LogP contribution in [0.5, 0.6) is 0 Å².